The van der Waals surface area contributed by atoms with Crippen molar-refractivity contribution in [3.63, 3.8) is 0 Å². The first-order valence-electron chi connectivity index (χ1n) is 9.92. The van der Waals surface area contributed by atoms with Crippen LogP contribution in [0.4, 0.5) is 11.6 Å². The number of rotatable bonds is 7. The predicted octanol–water partition coefficient (Wildman–Crippen LogP) is 3.90. The number of benzene rings is 2. The van der Waals surface area contributed by atoms with Gasteiger partial charge in [-0.2, -0.15) is 0 Å². The van der Waals surface area contributed by atoms with Crippen LogP contribution in [0.15, 0.2) is 72.2 Å². The molecule has 31 heavy (non-hydrogen) atoms. The molecule has 0 atom stereocenters. The average molecular weight is 414 g/mol. The zero-order chi connectivity index (χ0) is 21.8. The largest absolute Gasteiger partial charge is 0.494 e. The van der Waals surface area contributed by atoms with Crippen LogP contribution >= 0.6 is 0 Å². The maximum absolute atomic E-state index is 12.9. The number of aromatic nitrogens is 2. The number of Topliss-reactive ketones (excluding diaryl/α,β-unsaturated/α-hetero) is 2. The van der Waals surface area contributed by atoms with E-state index in [0.29, 0.717) is 40.6 Å². The lowest BCUT2D eigenvalue weighted by atomic mass is 9.88. The zero-order valence-electron chi connectivity index (χ0n) is 17.3. The molecular formula is C24H22N4O3. The molecule has 0 amide bonds. The summed E-state index contributed by atoms with van der Waals surface area (Å²) < 4.78 is 5.04. The van der Waals surface area contributed by atoms with Gasteiger partial charge in [0.05, 0.1) is 25.2 Å². The Morgan fingerprint density at radius 3 is 2.19 bits per heavy atom. The first kappa shape index (κ1) is 20.3. The highest BCUT2D eigenvalue weighted by molar-refractivity contribution is 6.27. The van der Waals surface area contributed by atoms with Gasteiger partial charge in [-0.3, -0.25) is 9.59 Å². The third-order valence-corrected chi connectivity index (χ3v) is 5.14. The summed E-state index contributed by atoms with van der Waals surface area (Å²) >= 11 is 0. The molecule has 0 aliphatic heterocycles. The summed E-state index contributed by atoms with van der Waals surface area (Å²) in [5.74, 6) is 0.865. The van der Waals surface area contributed by atoms with Crippen LogP contribution in [-0.4, -0.2) is 35.2 Å². The van der Waals surface area contributed by atoms with E-state index in [1.54, 1.807) is 50.7 Å². The number of nitrogens with zero attached hydrogens (tertiary/aromatic N) is 2. The molecule has 2 N–H and O–H groups in total. The summed E-state index contributed by atoms with van der Waals surface area (Å²) in [4.78, 5) is 33.8. The SMILES string of the molecule is COc1cnc(NCCc2ccc(NC3=C(C)C(=O)c4ccccc4C3=O)cc2)nc1. The molecule has 2 aromatic carbocycles. The van der Waals surface area contributed by atoms with E-state index in [2.05, 4.69) is 20.6 Å². The Morgan fingerprint density at radius 1 is 0.903 bits per heavy atom. The van der Waals surface area contributed by atoms with E-state index in [1.807, 2.05) is 24.3 Å². The minimum absolute atomic E-state index is 0.124. The van der Waals surface area contributed by atoms with Gasteiger partial charge in [-0.15, -0.1) is 0 Å². The Balaban J connectivity index is 1.39. The molecule has 0 fully saturated rings. The minimum Gasteiger partial charge on any atom is -0.494 e. The minimum atomic E-state index is -0.166. The van der Waals surface area contributed by atoms with Gasteiger partial charge in [0.1, 0.15) is 0 Å². The standard InChI is InChI=1S/C24H22N4O3/c1-15-21(23(30)20-6-4-3-5-19(20)22(15)29)28-17-9-7-16(8-10-17)11-12-25-24-26-13-18(31-2)14-27-24/h3-10,13-14,28H,11-12H2,1-2H3,(H,25,26,27). The first-order chi connectivity index (χ1) is 15.1. The maximum atomic E-state index is 12.9. The van der Waals surface area contributed by atoms with Crippen molar-refractivity contribution in [3.8, 4) is 5.75 Å². The van der Waals surface area contributed by atoms with Crippen LogP contribution in [0.1, 0.15) is 33.2 Å². The Bertz CT molecular complexity index is 1150. The Kier molecular flexibility index (Phi) is 5.75. The molecule has 156 valence electrons. The number of anilines is 2. The summed E-state index contributed by atoms with van der Waals surface area (Å²) in [6, 6.07) is 14.7. The Morgan fingerprint density at radius 2 is 1.55 bits per heavy atom. The summed E-state index contributed by atoms with van der Waals surface area (Å²) in [7, 11) is 1.57. The lowest BCUT2D eigenvalue weighted by Crippen LogP contribution is -2.25. The number of methoxy groups -OCH3 is 1. The quantitative estimate of drug-likeness (QED) is 0.605. The maximum Gasteiger partial charge on any atom is 0.222 e. The monoisotopic (exact) mass is 414 g/mol. The van der Waals surface area contributed by atoms with Crippen molar-refractivity contribution in [2.24, 2.45) is 0 Å². The summed E-state index contributed by atoms with van der Waals surface area (Å²) in [5, 5.41) is 6.30. The van der Waals surface area contributed by atoms with Gasteiger partial charge in [0.2, 0.25) is 11.7 Å². The molecule has 0 bridgehead atoms. The highest BCUT2D eigenvalue weighted by Crippen LogP contribution is 2.27. The van der Waals surface area contributed by atoms with E-state index >= 15 is 0 Å². The van der Waals surface area contributed by atoms with Crippen LogP contribution < -0.4 is 15.4 Å². The van der Waals surface area contributed by atoms with Gasteiger partial charge in [0, 0.05) is 28.9 Å². The fourth-order valence-corrected chi connectivity index (χ4v) is 3.38. The number of ketones is 2. The lowest BCUT2D eigenvalue weighted by molar-refractivity contribution is 0.0976. The lowest BCUT2D eigenvalue weighted by Gasteiger charge is -2.20. The fraction of sp³-hybridized carbons (Fsp3) is 0.167. The molecule has 0 radical (unpaired) electrons. The average Bonchev–Trinajstić information content (AvgIpc) is 2.82. The molecule has 0 unspecified atom stereocenters. The first-order valence-corrected chi connectivity index (χ1v) is 9.92. The number of hydrogen-bond acceptors (Lipinski definition) is 7. The number of allylic oxidation sites excluding steroid dienone is 2. The number of carbonyl (C=O) groups is 2. The fourth-order valence-electron chi connectivity index (χ4n) is 3.38. The van der Waals surface area contributed by atoms with Gasteiger partial charge >= 0.3 is 0 Å². The summed E-state index contributed by atoms with van der Waals surface area (Å²) in [6.45, 7) is 2.35. The highest BCUT2D eigenvalue weighted by atomic mass is 16.5. The molecule has 0 saturated carbocycles. The molecule has 0 spiro atoms. The molecule has 7 heteroatoms. The van der Waals surface area contributed by atoms with Crippen molar-refractivity contribution < 1.29 is 14.3 Å². The molecule has 1 heterocycles. The summed E-state index contributed by atoms with van der Waals surface area (Å²) in [5.41, 5.74) is 3.52. The summed E-state index contributed by atoms with van der Waals surface area (Å²) in [6.07, 6.45) is 4.01. The number of hydrogen-bond donors (Lipinski definition) is 2. The van der Waals surface area contributed by atoms with Crippen molar-refractivity contribution in [2.75, 3.05) is 24.3 Å². The van der Waals surface area contributed by atoms with Crippen LogP contribution in [0.25, 0.3) is 0 Å². The number of ether oxygens (including phenoxy) is 1. The van der Waals surface area contributed by atoms with Gasteiger partial charge in [-0.05, 0) is 31.0 Å². The van der Waals surface area contributed by atoms with Gasteiger partial charge < -0.3 is 15.4 Å². The smallest absolute Gasteiger partial charge is 0.222 e. The number of nitrogens with one attached hydrogen (secondary N) is 2. The molecule has 1 aromatic heterocycles. The molecule has 1 aliphatic carbocycles. The van der Waals surface area contributed by atoms with E-state index in [0.717, 1.165) is 17.7 Å². The van der Waals surface area contributed by atoms with Crippen molar-refractivity contribution >= 4 is 23.2 Å². The second-order valence-corrected chi connectivity index (χ2v) is 7.15. The third-order valence-electron chi connectivity index (χ3n) is 5.14. The number of carbonyl (C=O) groups excluding carboxylic acids is 2. The molecule has 0 saturated heterocycles. The molecule has 7 nitrogen and oxygen atoms in total. The van der Waals surface area contributed by atoms with Gasteiger partial charge in [0.25, 0.3) is 0 Å². The Hall–Kier alpha value is -4.00. The van der Waals surface area contributed by atoms with Crippen molar-refractivity contribution in [2.45, 2.75) is 13.3 Å². The molecule has 4 rings (SSSR count). The van der Waals surface area contributed by atoms with Crippen molar-refractivity contribution in [1.82, 2.24) is 9.97 Å². The van der Waals surface area contributed by atoms with Gasteiger partial charge in [-0.25, -0.2) is 9.97 Å². The Labute approximate surface area is 180 Å². The zero-order valence-corrected chi connectivity index (χ0v) is 17.3. The van der Waals surface area contributed by atoms with E-state index in [-0.39, 0.29) is 11.6 Å². The van der Waals surface area contributed by atoms with Crippen LogP contribution in [0, 0.1) is 0 Å². The van der Waals surface area contributed by atoms with E-state index in [9.17, 15) is 9.59 Å². The second-order valence-electron chi connectivity index (χ2n) is 7.15. The molecule has 3 aromatic rings. The van der Waals surface area contributed by atoms with E-state index < -0.39 is 0 Å². The van der Waals surface area contributed by atoms with Gasteiger partial charge in [0.15, 0.2) is 11.5 Å². The van der Waals surface area contributed by atoms with Gasteiger partial charge in [-0.1, -0.05) is 36.4 Å². The highest BCUT2D eigenvalue weighted by Gasteiger charge is 2.29. The van der Waals surface area contributed by atoms with Crippen LogP contribution in [0.2, 0.25) is 0 Å². The number of fused-ring (bicyclic) bond motifs is 1. The van der Waals surface area contributed by atoms with E-state index in [4.69, 9.17) is 4.74 Å². The van der Waals surface area contributed by atoms with Crippen LogP contribution in [-0.2, 0) is 6.42 Å². The molecular weight excluding hydrogens is 392 g/mol. The van der Waals surface area contributed by atoms with Crippen LogP contribution in [0.3, 0.4) is 0 Å². The topological polar surface area (TPSA) is 93.2 Å². The van der Waals surface area contributed by atoms with Crippen molar-refractivity contribution in [1.29, 1.82) is 0 Å². The second kappa shape index (κ2) is 8.79. The normalized spacial score (nSPS) is 13.1. The van der Waals surface area contributed by atoms with Crippen molar-refractivity contribution in [3.05, 3.63) is 88.9 Å². The third kappa shape index (κ3) is 4.30. The van der Waals surface area contributed by atoms with Crippen LogP contribution in [0.5, 0.6) is 5.75 Å². The van der Waals surface area contributed by atoms with E-state index in [1.165, 1.54) is 0 Å². The predicted molar refractivity (Wildman–Crippen MR) is 119 cm³/mol. The molecule has 1 aliphatic rings.